The van der Waals surface area contributed by atoms with Crippen LogP contribution in [0, 0.1) is 19.9 Å². The molecular formula is C13H14N. The molecule has 0 fully saturated rings. The molecule has 2 rings (SSSR count). The Balaban J connectivity index is 2.63. The predicted octanol–water partition coefficient (Wildman–Crippen LogP) is 3.11. The lowest BCUT2D eigenvalue weighted by molar-refractivity contribution is 0.935. The van der Waals surface area contributed by atoms with Gasteiger partial charge in [-0.25, -0.2) is 0 Å². The fraction of sp³-hybridized carbons (Fsp3) is 0.231. The molecule has 1 heterocycles. The molecule has 71 valence electrons. The molecule has 0 saturated carbocycles. The average molecular weight is 184 g/mol. The van der Waals surface area contributed by atoms with Crippen LogP contribution in [0.1, 0.15) is 11.1 Å². The zero-order valence-corrected chi connectivity index (χ0v) is 8.83. The zero-order valence-electron chi connectivity index (χ0n) is 8.83. The van der Waals surface area contributed by atoms with Crippen molar-refractivity contribution >= 4 is 0 Å². The quantitative estimate of drug-likeness (QED) is 0.641. The van der Waals surface area contributed by atoms with Gasteiger partial charge in [-0.2, -0.15) is 0 Å². The van der Waals surface area contributed by atoms with E-state index in [9.17, 15) is 0 Å². The maximum atomic E-state index is 3.11. The van der Waals surface area contributed by atoms with Crippen molar-refractivity contribution in [3.63, 3.8) is 0 Å². The number of hydrogen-bond donors (Lipinski definition) is 0. The lowest BCUT2D eigenvalue weighted by Gasteiger charge is -2.09. The van der Waals surface area contributed by atoms with Crippen molar-refractivity contribution in [1.82, 2.24) is 4.57 Å². The summed E-state index contributed by atoms with van der Waals surface area (Å²) in [7, 11) is 2.05. The van der Waals surface area contributed by atoms with Crippen LogP contribution in [0.2, 0.25) is 0 Å². The Morgan fingerprint density at radius 3 is 2.64 bits per heavy atom. The summed E-state index contributed by atoms with van der Waals surface area (Å²) in [5.74, 6) is 0. The summed E-state index contributed by atoms with van der Waals surface area (Å²) in [4.78, 5) is 0. The Kier molecular flexibility index (Phi) is 2.16. The van der Waals surface area contributed by atoms with Gasteiger partial charge >= 0.3 is 0 Å². The van der Waals surface area contributed by atoms with E-state index in [1.165, 1.54) is 22.4 Å². The summed E-state index contributed by atoms with van der Waals surface area (Å²) < 4.78 is 2.10. The highest BCUT2D eigenvalue weighted by Crippen LogP contribution is 2.24. The Morgan fingerprint density at radius 2 is 2.00 bits per heavy atom. The van der Waals surface area contributed by atoms with E-state index in [1.54, 1.807) is 0 Å². The van der Waals surface area contributed by atoms with Crippen LogP contribution in [-0.2, 0) is 7.05 Å². The van der Waals surface area contributed by atoms with E-state index in [1.807, 2.05) is 19.3 Å². The van der Waals surface area contributed by atoms with Crippen molar-refractivity contribution in [1.29, 1.82) is 0 Å². The van der Waals surface area contributed by atoms with Crippen LogP contribution < -0.4 is 0 Å². The smallest absolute Gasteiger partial charge is 0.0486 e. The second kappa shape index (κ2) is 3.33. The number of rotatable bonds is 1. The number of aromatic nitrogens is 1. The summed E-state index contributed by atoms with van der Waals surface area (Å²) in [6.45, 7) is 4.31. The minimum Gasteiger partial charge on any atom is -0.350 e. The minimum absolute atomic E-state index is 1.23. The van der Waals surface area contributed by atoms with Crippen LogP contribution in [0.4, 0.5) is 0 Å². The maximum Gasteiger partial charge on any atom is 0.0486 e. The Bertz CT molecular complexity index is 452. The molecule has 2 aromatic rings. The fourth-order valence-corrected chi connectivity index (χ4v) is 1.70. The van der Waals surface area contributed by atoms with E-state index in [0.29, 0.717) is 0 Å². The first-order chi connectivity index (χ1) is 6.70. The van der Waals surface area contributed by atoms with Gasteiger partial charge in [0, 0.05) is 30.6 Å². The molecule has 1 nitrogen and oxygen atoms in total. The van der Waals surface area contributed by atoms with Gasteiger partial charge in [-0.15, -0.1) is 0 Å². The third-order valence-electron chi connectivity index (χ3n) is 2.75. The molecule has 0 saturated heterocycles. The van der Waals surface area contributed by atoms with Crippen LogP contribution in [0.5, 0.6) is 0 Å². The molecule has 0 aliphatic carbocycles. The monoisotopic (exact) mass is 184 g/mol. The van der Waals surface area contributed by atoms with Crippen molar-refractivity contribution in [3.8, 4) is 11.3 Å². The lowest BCUT2D eigenvalue weighted by Crippen LogP contribution is -1.92. The Hall–Kier alpha value is -1.50. The molecule has 14 heavy (non-hydrogen) atoms. The van der Waals surface area contributed by atoms with Crippen LogP contribution in [-0.4, -0.2) is 4.57 Å². The molecule has 0 aliphatic heterocycles. The topological polar surface area (TPSA) is 4.93 Å². The van der Waals surface area contributed by atoms with Crippen LogP contribution in [0.3, 0.4) is 0 Å². The van der Waals surface area contributed by atoms with Gasteiger partial charge in [0.25, 0.3) is 0 Å². The van der Waals surface area contributed by atoms with Crippen molar-refractivity contribution in [3.05, 3.63) is 47.7 Å². The summed E-state index contributed by atoms with van der Waals surface area (Å²) in [5, 5.41) is 0. The maximum absolute atomic E-state index is 3.11. The second-order valence-corrected chi connectivity index (χ2v) is 3.68. The third-order valence-corrected chi connectivity index (χ3v) is 2.75. The van der Waals surface area contributed by atoms with Crippen LogP contribution in [0.25, 0.3) is 11.3 Å². The zero-order chi connectivity index (χ0) is 10.1. The van der Waals surface area contributed by atoms with Gasteiger partial charge in [-0.3, -0.25) is 0 Å². The normalized spacial score (nSPS) is 10.5. The summed E-state index contributed by atoms with van der Waals surface area (Å²) in [5.41, 5.74) is 5.21. The lowest BCUT2D eigenvalue weighted by atomic mass is 10.0. The largest absolute Gasteiger partial charge is 0.350 e. The molecule has 0 aliphatic rings. The van der Waals surface area contributed by atoms with Crippen molar-refractivity contribution in [2.24, 2.45) is 7.05 Å². The SMILES string of the molecule is Cc1cccc(-c2c[c]cn2C)c1C. The molecule has 0 bridgehead atoms. The standard InChI is InChI=1S/C13H14N/c1-10-6-4-7-12(11(10)2)13-8-5-9-14(13)3/h4,6-9H,1-3H3. The van der Waals surface area contributed by atoms with Gasteiger partial charge in [-0.1, -0.05) is 18.2 Å². The van der Waals surface area contributed by atoms with Gasteiger partial charge in [0.2, 0.25) is 0 Å². The molecule has 1 aromatic heterocycles. The fourth-order valence-electron chi connectivity index (χ4n) is 1.70. The predicted molar refractivity (Wildman–Crippen MR) is 59.2 cm³/mol. The van der Waals surface area contributed by atoms with E-state index in [0.717, 1.165) is 0 Å². The summed E-state index contributed by atoms with van der Waals surface area (Å²) in [6, 6.07) is 11.5. The number of benzene rings is 1. The van der Waals surface area contributed by atoms with E-state index < -0.39 is 0 Å². The van der Waals surface area contributed by atoms with E-state index >= 15 is 0 Å². The molecule has 0 atom stereocenters. The highest BCUT2D eigenvalue weighted by molar-refractivity contribution is 5.65. The first-order valence-corrected chi connectivity index (χ1v) is 4.79. The molecule has 0 unspecified atom stereocenters. The molecule has 1 aromatic carbocycles. The minimum atomic E-state index is 1.23. The highest BCUT2D eigenvalue weighted by Gasteiger charge is 2.05. The van der Waals surface area contributed by atoms with Gasteiger partial charge in [0.1, 0.15) is 0 Å². The Labute approximate surface area is 85.0 Å². The molecule has 1 radical (unpaired) electrons. The van der Waals surface area contributed by atoms with Gasteiger partial charge in [0.05, 0.1) is 0 Å². The van der Waals surface area contributed by atoms with Crippen LogP contribution in [0.15, 0.2) is 30.5 Å². The molecule has 0 spiro atoms. The van der Waals surface area contributed by atoms with Gasteiger partial charge in [0.15, 0.2) is 0 Å². The molecule has 1 heteroatoms. The number of hydrogen-bond acceptors (Lipinski definition) is 0. The average Bonchev–Trinajstić information content (AvgIpc) is 2.57. The van der Waals surface area contributed by atoms with Crippen LogP contribution >= 0.6 is 0 Å². The van der Waals surface area contributed by atoms with E-state index in [4.69, 9.17) is 0 Å². The van der Waals surface area contributed by atoms with Gasteiger partial charge < -0.3 is 4.57 Å². The van der Waals surface area contributed by atoms with Gasteiger partial charge in [-0.05, 0) is 31.0 Å². The summed E-state index contributed by atoms with van der Waals surface area (Å²) >= 11 is 0. The Morgan fingerprint density at radius 1 is 1.21 bits per heavy atom. The van der Waals surface area contributed by atoms with Crippen molar-refractivity contribution in [2.45, 2.75) is 13.8 Å². The summed E-state index contributed by atoms with van der Waals surface area (Å²) in [6.07, 6.45) is 1.96. The number of aryl methyl sites for hydroxylation is 2. The van der Waals surface area contributed by atoms with Crippen molar-refractivity contribution < 1.29 is 0 Å². The molecule has 0 N–H and O–H groups in total. The van der Waals surface area contributed by atoms with E-state index in [2.05, 4.69) is 42.7 Å². The first kappa shape index (κ1) is 9.07. The number of nitrogens with zero attached hydrogens (tertiary/aromatic N) is 1. The third kappa shape index (κ3) is 1.35. The second-order valence-electron chi connectivity index (χ2n) is 3.68. The highest BCUT2D eigenvalue weighted by atomic mass is 14.9. The molecule has 0 amide bonds. The first-order valence-electron chi connectivity index (χ1n) is 4.79. The van der Waals surface area contributed by atoms with Crippen molar-refractivity contribution in [2.75, 3.05) is 0 Å². The molecular weight excluding hydrogens is 170 g/mol. The van der Waals surface area contributed by atoms with E-state index in [-0.39, 0.29) is 0 Å².